The number of hydrogen-bond donors (Lipinski definition) is 1. The van der Waals surface area contributed by atoms with Crippen molar-refractivity contribution in [2.45, 2.75) is 20.4 Å². The maximum atomic E-state index is 11.4. The third-order valence-electron chi connectivity index (χ3n) is 2.15. The molecule has 0 heterocycles. The van der Waals surface area contributed by atoms with Crippen LogP contribution in [0.15, 0.2) is 42.5 Å². The fraction of sp³-hybridized carbons (Fsp3) is 0.286. The molecule has 1 rings (SSSR count). The van der Waals surface area contributed by atoms with E-state index >= 15 is 0 Å². The first-order valence-corrected chi connectivity index (χ1v) is 5.64. The number of amides is 1. The lowest BCUT2D eigenvalue weighted by Gasteiger charge is -2.02. The zero-order valence-electron chi connectivity index (χ0n) is 10.1. The van der Waals surface area contributed by atoms with Crippen LogP contribution in [0.25, 0.3) is 0 Å². The molecule has 17 heavy (non-hydrogen) atoms. The van der Waals surface area contributed by atoms with Crippen molar-refractivity contribution in [3.05, 3.63) is 48.0 Å². The lowest BCUT2D eigenvalue weighted by molar-refractivity contribution is -0.135. The van der Waals surface area contributed by atoms with Crippen LogP contribution in [-0.4, -0.2) is 11.7 Å². The standard InChI is InChI=1S/C14H17NO2/c1-11(2)8-9-13(16)14(17)15-10-12-6-4-3-5-7-12/h3-9,11H,10H2,1-2H3,(H,15,17). The number of hydrogen-bond acceptors (Lipinski definition) is 2. The summed E-state index contributed by atoms with van der Waals surface area (Å²) in [5.41, 5.74) is 0.974. The summed E-state index contributed by atoms with van der Waals surface area (Å²) < 4.78 is 0. The molecule has 3 heteroatoms. The van der Waals surface area contributed by atoms with E-state index in [1.54, 1.807) is 6.08 Å². The van der Waals surface area contributed by atoms with E-state index in [0.717, 1.165) is 5.56 Å². The molecule has 1 amide bonds. The molecular weight excluding hydrogens is 214 g/mol. The van der Waals surface area contributed by atoms with E-state index in [-0.39, 0.29) is 5.92 Å². The van der Waals surface area contributed by atoms with Gasteiger partial charge in [0.1, 0.15) is 0 Å². The van der Waals surface area contributed by atoms with Gasteiger partial charge in [0, 0.05) is 6.54 Å². The summed E-state index contributed by atoms with van der Waals surface area (Å²) >= 11 is 0. The average molecular weight is 231 g/mol. The molecule has 90 valence electrons. The minimum Gasteiger partial charge on any atom is -0.345 e. The summed E-state index contributed by atoms with van der Waals surface area (Å²) in [5, 5.41) is 2.58. The second-order valence-corrected chi connectivity index (χ2v) is 4.14. The highest BCUT2D eigenvalue weighted by atomic mass is 16.2. The second kappa shape index (κ2) is 6.63. The summed E-state index contributed by atoms with van der Waals surface area (Å²) in [4.78, 5) is 22.8. The summed E-state index contributed by atoms with van der Waals surface area (Å²) in [5.74, 6) is -0.804. The largest absolute Gasteiger partial charge is 0.345 e. The third kappa shape index (κ3) is 5.11. The highest BCUT2D eigenvalue weighted by molar-refractivity contribution is 6.40. The molecule has 0 aliphatic heterocycles. The molecule has 1 aromatic carbocycles. The minimum atomic E-state index is -0.564. The lowest BCUT2D eigenvalue weighted by atomic mass is 10.2. The van der Waals surface area contributed by atoms with Crippen molar-refractivity contribution in [3.63, 3.8) is 0 Å². The Morgan fingerprint density at radius 2 is 1.88 bits per heavy atom. The van der Waals surface area contributed by atoms with Gasteiger partial charge in [0.2, 0.25) is 5.78 Å². The van der Waals surface area contributed by atoms with Crippen LogP contribution >= 0.6 is 0 Å². The lowest BCUT2D eigenvalue weighted by Crippen LogP contribution is -2.29. The van der Waals surface area contributed by atoms with Crippen LogP contribution in [0, 0.1) is 5.92 Å². The molecule has 0 radical (unpaired) electrons. The fourth-order valence-electron chi connectivity index (χ4n) is 1.22. The van der Waals surface area contributed by atoms with Gasteiger partial charge in [-0.2, -0.15) is 0 Å². The van der Waals surface area contributed by atoms with Gasteiger partial charge in [0.25, 0.3) is 5.91 Å². The number of carbonyl (C=O) groups is 2. The Morgan fingerprint density at radius 1 is 1.24 bits per heavy atom. The zero-order valence-corrected chi connectivity index (χ0v) is 10.1. The number of ketones is 1. The Bertz CT molecular complexity index is 407. The summed E-state index contributed by atoms with van der Waals surface area (Å²) in [6.45, 7) is 4.28. The maximum Gasteiger partial charge on any atom is 0.291 e. The van der Waals surface area contributed by atoms with Gasteiger partial charge in [-0.15, -0.1) is 0 Å². The number of nitrogens with one attached hydrogen (secondary N) is 1. The van der Waals surface area contributed by atoms with Crippen molar-refractivity contribution in [1.29, 1.82) is 0 Å². The molecule has 1 N–H and O–H groups in total. The predicted octanol–water partition coefficient (Wildman–Crippen LogP) is 2.08. The van der Waals surface area contributed by atoms with Crippen molar-refractivity contribution in [2.75, 3.05) is 0 Å². The van der Waals surface area contributed by atoms with Gasteiger partial charge >= 0.3 is 0 Å². The zero-order chi connectivity index (χ0) is 12.7. The molecule has 0 aliphatic carbocycles. The maximum absolute atomic E-state index is 11.4. The van der Waals surface area contributed by atoms with Crippen LogP contribution in [0.3, 0.4) is 0 Å². The number of rotatable bonds is 5. The Labute approximate surface area is 102 Å². The smallest absolute Gasteiger partial charge is 0.291 e. The van der Waals surface area contributed by atoms with Gasteiger partial charge in [0.05, 0.1) is 0 Å². The van der Waals surface area contributed by atoms with Crippen LogP contribution in [0.4, 0.5) is 0 Å². The molecule has 0 atom stereocenters. The Hall–Kier alpha value is -1.90. The van der Waals surface area contributed by atoms with Gasteiger partial charge in [-0.3, -0.25) is 9.59 Å². The molecule has 0 aromatic heterocycles. The van der Waals surface area contributed by atoms with Gasteiger partial charge in [-0.1, -0.05) is 50.3 Å². The fourth-order valence-corrected chi connectivity index (χ4v) is 1.22. The first-order valence-electron chi connectivity index (χ1n) is 5.64. The monoisotopic (exact) mass is 231 g/mol. The SMILES string of the molecule is CC(C)C=CC(=O)C(=O)NCc1ccccc1. The quantitative estimate of drug-likeness (QED) is 0.623. The highest BCUT2D eigenvalue weighted by Crippen LogP contribution is 1.97. The van der Waals surface area contributed by atoms with E-state index in [2.05, 4.69) is 5.32 Å². The van der Waals surface area contributed by atoms with E-state index in [1.807, 2.05) is 44.2 Å². The van der Waals surface area contributed by atoms with Crippen LogP contribution in [0.5, 0.6) is 0 Å². The normalized spacial score (nSPS) is 10.8. The first kappa shape index (κ1) is 13.2. The van der Waals surface area contributed by atoms with Crippen molar-refractivity contribution >= 4 is 11.7 Å². The van der Waals surface area contributed by atoms with Crippen molar-refractivity contribution in [3.8, 4) is 0 Å². The van der Waals surface area contributed by atoms with Crippen LogP contribution < -0.4 is 5.32 Å². The molecule has 0 fully saturated rings. The van der Waals surface area contributed by atoms with Crippen molar-refractivity contribution in [1.82, 2.24) is 5.32 Å². The topological polar surface area (TPSA) is 46.2 Å². The molecular formula is C14H17NO2. The van der Waals surface area contributed by atoms with Gasteiger partial charge in [0.15, 0.2) is 0 Å². The van der Waals surface area contributed by atoms with Crippen molar-refractivity contribution < 1.29 is 9.59 Å². The molecule has 0 unspecified atom stereocenters. The number of benzene rings is 1. The van der Waals surface area contributed by atoms with E-state index < -0.39 is 11.7 Å². The minimum absolute atomic E-state index is 0.265. The molecule has 0 aliphatic rings. The molecule has 0 saturated heterocycles. The summed E-state index contributed by atoms with van der Waals surface area (Å²) in [6, 6.07) is 9.48. The number of allylic oxidation sites excluding steroid dienone is 1. The van der Waals surface area contributed by atoms with Crippen molar-refractivity contribution in [2.24, 2.45) is 5.92 Å². The van der Waals surface area contributed by atoms with Crippen LogP contribution in [-0.2, 0) is 16.1 Å². The van der Waals surface area contributed by atoms with Gasteiger partial charge in [-0.25, -0.2) is 0 Å². The van der Waals surface area contributed by atoms with Gasteiger partial charge < -0.3 is 5.32 Å². The summed E-state index contributed by atoms with van der Waals surface area (Å²) in [7, 11) is 0. The molecule has 3 nitrogen and oxygen atoms in total. The third-order valence-corrected chi connectivity index (χ3v) is 2.15. The van der Waals surface area contributed by atoms with E-state index in [9.17, 15) is 9.59 Å². The Balaban J connectivity index is 2.42. The molecule has 0 saturated carbocycles. The number of carbonyl (C=O) groups excluding carboxylic acids is 2. The van der Waals surface area contributed by atoms with E-state index in [4.69, 9.17) is 0 Å². The average Bonchev–Trinajstić information content (AvgIpc) is 2.34. The summed E-state index contributed by atoms with van der Waals surface area (Å²) in [6.07, 6.45) is 3.04. The van der Waals surface area contributed by atoms with Gasteiger partial charge in [-0.05, 0) is 17.6 Å². The molecule has 0 bridgehead atoms. The highest BCUT2D eigenvalue weighted by Gasteiger charge is 2.09. The van der Waals surface area contributed by atoms with Crippen LogP contribution in [0.1, 0.15) is 19.4 Å². The molecule has 1 aromatic rings. The second-order valence-electron chi connectivity index (χ2n) is 4.14. The van der Waals surface area contributed by atoms with E-state index in [1.165, 1.54) is 6.08 Å². The molecule has 0 spiro atoms. The van der Waals surface area contributed by atoms with E-state index in [0.29, 0.717) is 6.54 Å². The Kier molecular flexibility index (Phi) is 5.14. The first-order chi connectivity index (χ1) is 8.09. The predicted molar refractivity (Wildman–Crippen MR) is 67.3 cm³/mol. The van der Waals surface area contributed by atoms with Crippen LogP contribution in [0.2, 0.25) is 0 Å². The Morgan fingerprint density at radius 3 is 2.47 bits per heavy atom.